The predicted octanol–water partition coefficient (Wildman–Crippen LogP) is 4.22. The van der Waals surface area contributed by atoms with Crippen molar-refractivity contribution in [1.82, 2.24) is 20.4 Å². The number of rotatable bonds is 10. The molecule has 0 fully saturated rings. The lowest BCUT2D eigenvalue weighted by Gasteiger charge is -2.06. The maximum absolute atomic E-state index is 13.3. The quantitative estimate of drug-likeness (QED) is 0.211. The van der Waals surface area contributed by atoms with Gasteiger partial charge in [0.1, 0.15) is 0 Å². The van der Waals surface area contributed by atoms with Crippen LogP contribution in [0, 0.1) is 0 Å². The number of hydrogen-bond acceptors (Lipinski definition) is 12. The van der Waals surface area contributed by atoms with Gasteiger partial charge in [0.2, 0.25) is 21.6 Å². The number of hydrogen-bond donors (Lipinski definition) is 2. The Labute approximate surface area is 256 Å². The highest BCUT2D eigenvalue weighted by molar-refractivity contribution is 7.93. The molecule has 0 saturated carbocycles. The van der Waals surface area contributed by atoms with Gasteiger partial charge in [-0.25, -0.2) is 34.7 Å². The molecule has 0 saturated heterocycles. The minimum atomic E-state index is -3.95. The van der Waals surface area contributed by atoms with Crippen LogP contribution in [0.4, 0.5) is 12.0 Å². The first-order valence-corrected chi connectivity index (χ1v) is 17.2. The normalized spacial score (nSPS) is 12.1. The summed E-state index contributed by atoms with van der Waals surface area (Å²) < 4.78 is 91.8. The van der Waals surface area contributed by atoms with Crippen molar-refractivity contribution in [1.29, 1.82) is 0 Å². The lowest BCUT2D eigenvalue weighted by Crippen LogP contribution is -2.12. The van der Waals surface area contributed by atoms with Crippen LogP contribution in [0.5, 0.6) is 0 Å². The Balaban J connectivity index is 1.14. The second-order valence-electron chi connectivity index (χ2n) is 9.21. The average Bonchev–Trinajstić information content (AvgIpc) is 3.71. The fourth-order valence-electron chi connectivity index (χ4n) is 4.00. The standard InChI is InChI=1S/C28H20N6O8S3/c35-43(36,21-15-11-19(12-16-21)25-29-31-27(41-25)33-44(37,38)23-7-3-1-4-8-23)22-17-13-20(14-18-22)26-30-32-28(42-26)34-45(39,40)24-9-5-2-6-10-24/h1-18H,(H,31,33)(H,32,34). The minimum Gasteiger partial charge on any atom is -0.403 e. The van der Waals surface area contributed by atoms with Crippen LogP contribution in [0.25, 0.3) is 22.9 Å². The van der Waals surface area contributed by atoms with Crippen molar-refractivity contribution in [3.63, 3.8) is 0 Å². The molecule has 6 aromatic rings. The summed E-state index contributed by atoms with van der Waals surface area (Å²) in [6, 6.07) is 25.7. The van der Waals surface area contributed by atoms with E-state index in [0.29, 0.717) is 11.1 Å². The number of sulfone groups is 1. The summed E-state index contributed by atoms with van der Waals surface area (Å²) in [5, 5.41) is 15.1. The lowest BCUT2D eigenvalue weighted by molar-refractivity contribution is 0.575. The van der Waals surface area contributed by atoms with Gasteiger partial charge in [0.15, 0.2) is 0 Å². The molecule has 14 nitrogen and oxygen atoms in total. The maximum atomic E-state index is 13.3. The van der Waals surface area contributed by atoms with Gasteiger partial charge < -0.3 is 8.83 Å². The van der Waals surface area contributed by atoms with E-state index in [0.717, 1.165) is 0 Å². The fraction of sp³-hybridized carbons (Fsp3) is 0. The fourth-order valence-corrected chi connectivity index (χ4v) is 7.15. The van der Waals surface area contributed by atoms with Gasteiger partial charge in [-0.15, -0.1) is 10.2 Å². The Hall–Kier alpha value is -5.39. The first-order chi connectivity index (χ1) is 21.5. The second kappa shape index (κ2) is 11.6. The number of benzene rings is 4. The molecular formula is C28H20N6O8S3. The van der Waals surface area contributed by atoms with Crippen LogP contribution in [-0.4, -0.2) is 45.6 Å². The first-order valence-electron chi connectivity index (χ1n) is 12.8. The third kappa shape index (κ3) is 6.30. The predicted molar refractivity (Wildman–Crippen MR) is 159 cm³/mol. The number of aromatic nitrogens is 4. The van der Waals surface area contributed by atoms with E-state index in [-0.39, 0.29) is 43.4 Å². The summed E-state index contributed by atoms with van der Waals surface area (Å²) >= 11 is 0. The molecule has 0 aliphatic rings. The second-order valence-corrected chi connectivity index (χ2v) is 14.5. The van der Waals surface area contributed by atoms with Gasteiger partial charge >= 0.3 is 12.0 Å². The molecule has 0 unspecified atom stereocenters. The molecule has 17 heteroatoms. The summed E-state index contributed by atoms with van der Waals surface area (Å²) in [5.74, 6) is -0.0573. The Morgan fingerprint density at radius 1 is 0.422 bits per heavy atom. The van der Waals surface area contributed by atoms with Crippen molar-refractivity contribution in [3.05, 3.63) is 109 Å². The van der Waals surface area contributed by atoms with Crippen molar-refractivity contribution in [2.75, 3.05) is 9.44 Å². The van der Waals surface area contributed by atoms with Gasteiger partial charge in [0, 0.05) is 11.1 Å². The van der Waals surface area contributed by atoms with E-state index in [1.165, 1.54) is 72.8 Å². The molecule has 228 valence electrons. The van der Waals surface area contributed by atoms with Crippen LogP contribution >= 0.6 is 0 Å². The van der Waals surface area contributed by atoms with Crippen LogP contribution < -0.4 is 9.44 Å². The van der Waals surface area contributed by atoms with Gasteiger partial charge in [-0.05, 0) is 72.8 Å². The molecule has 0 amide bonds. The highest BCUT2D eigenvalue weighted by atomic mass is 32.2. The molecule has 0 aliphatic carbocycles. The number of nitrogens with one attached hydrogen (secondary N) is 2. The zero-order valence-corrected chi connectivity index (χ0v) is 25.1. The summed E-state index contributed by atoms with van der Waals surface area (Å²) in [5.41, 5.74) is 0.717. The molecule has 4 aromatic carbocycles. The number of sulfonamides is 2. The molecule has 2 N–H and O–H groups in total. The molecule has 0 radical (unpaired) electrons. The largest absolute Gasteiger partial charge is 0.403 e. The first kappa shape index (κ1) is 29.7. The van der Waals surface area contributed by atoms with E-state index >= 15 is 0 Å². The topological polar surface area (TPSA) is 204 Å². The summed E-state index contributed by atoms with van der Waals surface area (Å²) in [6.45, 7) is 0. The van der Waals surface area contributed by atoms with Gasteiger partial charge in [0.25, 0.3) is 20.0 Å². The molecule has 0 aliphatic heterocycles. The monoisotopic (exact) mass is 664 g/mol. The molecule has 2 aromatic heterocycles. The van der Waals surface area contributed by atoms with E-state index in [1.54, 1.807) is 36.4 Å². The minimum absolute atomic E-state index is 0.0143. The zero-order valence-electron chi connectivity index (χ0n) is 22.7. The highest BCUT2D eigenvalue weighted by Crippen LogP contribution is 2.28. The van der Waals surface area contributed by atoms with Crippen molar-refractivity contribution in [2.45, 2.75) is 19.6 Å². The van der Waals surface area contributed by atoms with Gasteiger partial charge in [-0.2, -0.15) is 0 Å². The van der Waals surface area contributed by atoms with Crippen molar-refractivity contribution in [3.8, 4) is 22.9 Å². The smallest absolute Gasteiger partial charge is 0.330 e. The SMILES string of the molecule is O=S(=O)(Nc1nnc(-c2ccc(S(=O)(=O)c3ccc(-c4nnc(NS(=O)(=O)c5ccccc5)o4)cc3)cc2)o1)c1ccccc1. The Morgan fingerprint density at radius 3 is 1.13 bits per heavy atom. The van der Waals surface area contributed by atoms with Crippen LogP contribution in [-0.2, 0) is 29.9 Å². The molecule has 0 spiro atoms. The zero-order chi connectivity index (χ0) is 31.7. The van der Waals surface area contributed by atoms with Crippen LogP contribution in [0.3, 0.4) is 0 Å². The molecule has 0 atom stereocenters. The molecule has 2 heterocycles. The summed E-state index contributed by atoms with van der Waals surface area (Å²) in [7, 11) is -11.8. The van der Waals surface area contributed by atoms with Gasteiger partial charge in [0.05, 0.1) is 19.6 Å². The van der Waals surface area contributed by atoms with Gasteiger partial charge in [-0.3, -0.25) is 0 Å². The van der Waals surface area contributed by atoms with Crippen LogP contribution in [0.15, 0.2) is 138 Å². The Kier molecular flexibility index (Phi) is 7.65. The maximum Gasteiger partial charge on any atom is 0.330 e. The lowest BCUT2D eigenvalue weighted by atomic mass is 10.2. The molecular weight excluding hydrogens is 645 g/mol. The highest BCUT2D eigenvalue weighted by Gasteiger charge is 2.22. The van der Waals surface area contributed by atoms with Crippen molar-refractivity contribution >= 4 is 41.9 Å². The molecule has 6 rings (SSSR count). The van der Waals surface area contributed by atoms with Crippen LogP contribution in [0.1, 0.15) is 0 Å². The summed E-state index contributed by atoms with van der Waals surface area (Å²) in [4.78, 5) is -0.0289. The van der Waals surface area contributed by atoms with Gasteiger partial charge in [-0.1, -0.05) is 46.6 Å². The third-order valence-electron chi connectivity index (χ3n) is 6.22. The number of anilines is 2. The van der Waals surface area contributed by atoms with Crippen molar-refractivity contribution < 1.29 is 34.1 Å². The van der Waals surface area contributed by atoms with Crippen molar-refractivity contribution in [2.24, 2.45) is 0 Å². The van der Waals surface area contributed by atoms with E-state index in [9.17, 15) is 25.3 Å². The van der Waals surface area contributed by atoms with Crippen LogP contribution in [0.2, 0.25) is 0 Å². The average molecular weight is 665 g/mol. The van der Waals surface area contributed by atoms with E-state index in [2.05, 4.69) is 29.8 Å². The van der Waals surface area contributed by atoms with E-state index < -0.39 is 29.9 Å². The Morgan fingerprint density at radius 2 is 0.778 bits per heavy atom. The third-order valence-corrected chi connectivity index (χ3v) is 10.7. The Bertz CT molecular complexity index is 2130. The number of nitrogens with zero attached hydrogens (tertiary/aromatic N) is 4. The van der Waals surface area contributed by atoms with E-state index in [4.69, 9.17) is 8.83 Å². The molecule has 45 heavy (non-hydrogen) atoms. The summed E-state index contributed by atoms with van der Waals surface area (Å²) in [6.07, 6.45) is 0. The molecule has 0 bridgehead atoms. The van der Waals surface area contributed by atoms with E-state index in [1.807, 2.05) is 0 Å².